The number of nitrogens with zero attached hydrogens (tertiary/aromatic N) is 2. The van der Waals surface area contributed by atoms with Gasteiger partial charge in [0.1, 0.15) is 15.7 Å². The Morgan fingerprint density at radius 1 is 1.15 bits per heavy atom. The lowest BCUT2D eigenvalue weighted by Crippen LogP contribution is -2.33. The van der Waals surface area contributed by atoms with Crippen LogP contribution in [0.4, 0.5) is 0 Å². The Balaban J connectivity index is 1.69. The molecule has 27 heavy (non-hydrogen) atoms. The minimum Gasteiger partial charge on any atom is -0.355 e. The normalized spacial score (nSPS) is 13.5. The highest BCUT2D eigenvalue weighted by Gasteiger charge is 2.20. The summed E-state index contributed by atoms with van der Waals surface area (Å²) in [4.78, 5) is 24.1. The monoisotopic (exact) mass is 399 g/mol. The standard InChI is InChI=1S/C21H25N3OS2/c1-12(17-9-7-6-8-10-17)11-22-19(25)15(4)27-21-18-13(2)14(3)26-20(18)23-16(5)24-21/h6-10,12,15H,11H2,1-5H3,(H,22,25). The number of carbonyl (C=O) groups excluding carboxylic acids is 1. The third-order valence-electron chi connectivity index (χ3n) is 4.72. The van der Waals surface area contributed by atoms with E-state index < -0.39 is 0 Å². The van der Waals surface area contributed by atoms with Gasteiger partial charge in [0.15, 0.2) is 0 Å². The topological polar surface area (TPSA) is 54.9 Å². The van der Waals surface area contributed by atoms with E-state index in [-0.39, 0.29) is 17.1 Å². The Morgan fingerprint density at radius 3 is 2.56 bits per heavy atom. The molecule has 0 radical (unpaired) electrons. The van der Waals surface area contributed by atoms with Crippen LogP contribution in [-0.2, 0) is 4.79 Å². The molecule has 0 spiro atoms. The van der Waals surface area contributed by atoms with E-state index in [1.54, 1.807) is 11.3 Å². The predicted molar refractivity (Wildman–Crippen MR) is 115 cm³/mol. The Labute approximate surface area is 168 Å². The van der Waals surface area contributed by atoms with Crippen LogP contribution in [0.25, 0.3) is 10.2 Å². The van der Waals surface area contributed by atoms with Crippen molar-refractivity contribution in [1.82, 2.24) is 15.3 Å². The van der Waals surface area contributed by atoms with Gasteiger partial charge in [-0.05, 0) is 44.7 Å². The summed E-state index contributed by atoms with van der Waals surface area (Å²) in [7, 11) is 0. The van der Waals surface area contributed by atoms with Crippen LogP contribution in [0.2, 0.25) is 0 Å². The number of amides is 1. The number of thiophene rings is 1. The average molecular weight is 400 g/mol. The quantitative estimate of drug-likeness (QED) is 0.467. The molecule has 1 N–H and O–H groups in total. The number of hydrogen-bond donors (Lipinski definition) is 1. The average Bonchev–Trinajstić information content (AvgIpc) is 2.93. The van der Waals surface area contributed by atoms with Crippen molar-refractivity contribution >= 4 is 39.2 Å². The molecule has 1 amide bonds. The molecule has 0 aliphatic rings. The van der Waals surface area contributed by atoms with E-state index in [2.05, 4.69) is 48.2 Å². The van der Waals surface area contributed by atoms with Gasteiger partial charge in [-0.2, -0.15) is 0 Å². The largest absolute Gasteiger partial charge is 0.355 e. The van der Waals surface area contributed by atoms with Crippen LogP contribution in [-0.4, -0.2) is 27.7 Å². The van der Waals surface area contributed by atoms with Crippen LogP contribution < -0.4 is 5.32 Å². The van der Waals surface area contributed by atoms with Crippen LogP contribution in [0, 0.1) is 20.8 Å². The fraction of sp³-hybridized carbons (Fsp3) is 0.381. The zero-order valence-corrected chi connectivity index (χ0v) is 18.0. The van der Waals surface area contributed by atoms with Crippen molar-refractivity contribution in [2.75, 3.05) is 6.54 Å². The van der Waals surface area contributed by atoms with Crippen LogP contribution in [0.3, 0.4) is 0 Å². The second-order valence-corrected chi connectivity index (χ2v) is 9.39. The van der Waals surface area contributed by atoms with Crippen molar-refractivity contribution in [3.05, 3.63) is 52.2 Å². The van der Waals surface area contributed by atoms with Crippen LogP contribution in [0.1, 0.15) is 41.6 Å². The Hall–Kier alpha value is -1.92. The van der Waals surface area contributed by atoms with Crippen LogP contribution >= 0.6 is 23.1 Å². The molecule has 0 aliphatic heterocycles. The number of nitrogens with one attached hydrogen (secondary N) is 1. The van der Waals surface area contributed by atoms with Gasteiger partial charge in [0.2, 0.25) is 5.91 Å². The second-order valence-electron chi connectivity index (χ2n) is 6.86. The number of aromatic nitrogens is 2. The van der Waals surface area contributed by atoms with E-state index in [0.29, 0.717) is 6.54 Å². The minimum absolute atomic E-state index is 0.0387. The van der Waals surface area contributed by atoms with Crippen molar-refractivity contribution in [2.45, 2.75) is 50.8 Å². The summed E-state index contributed by atoms with van der Waals surface area (Å²) < 4.78 is 0. The summed E-state index contributed by atoms with van der Waals surface area (Å²) >= 11 is 3.20. The lowest BCUT2D eigenvalue weighted by Gasteiger charge is -2.16. The number of hydrogen-bond acceptors (Lipinski definition) is 5. The summed E-state index contributed by atoms with van der Waals surface area (Å²) in [5, 5.41) is 4.85. The zero-order chi connectivity index (χ0) is 19.6. The van der Waals surface area contributed by atoms with Crippen molar-refractivity contribution in [3.63, 3.8) is 0 Å². The number of fused-ring (bicyclic) bond motifs is 1. The lowest BCUT2D eigenvalue weighted by molar-refractivity contribution is -0.120. The highest BCUT2D eigenvalue weighted by molar-refractivity contribution is 8.00. The van der Waals surface area contributed by atoms with E-state index in [0.717, 1.165) is 21.1 Å². The molecule has 0 bridgehead atoms. The number of benzene rings is 1. The van der Waals surface area contributed by atoms with Gasteiger partial charge in [0.25, 0.3) is 0 Å². The molecule has 6 heteroatoms. The third kappa shape index (κ3) is 4.50. The van der Waals surface area contributed by atoms with E-state index in [4.69, 9.17) is 0 Å². The predicted octanol–water partition coefficient (Wildman–Crippen LogP) is 5.02. The van der Waals surface area contributed by atoms with Crippen molar-refractivity contribution in [2.24, 2.45) is 0 Å². The van der Waals surface area contributed by atoms with Gasteiger partial charge in [-0.1, -0.05) is 49.0 Å². The minimum atomic E-state index is -0.218. The number of rotatable bonds is 6. The lowest BCUT2D eigenvalue weighted by atomic mass is 10.0. The molecule has 3 rings (SSSR count). The highest BCUT2D eigenvalue weighted by Crippen LogP contribution is 2.36. The first-order valence-electron chi connectivity index (χ1n) is 9.10. The molecule has 2 aromatic heterocycles. The Kier molecular flexibility index (Phi) is 6.17. The molecule has 2 atom stereocenters. The molecule has 0 fully saturated rings. The summed E-state index contributed by atoms with van der Waals surface area (Å²) in [6, 6.07) is 10.3. The molecule has 2 heterocycles. The van der Waals surface area contributed by atoms with Gasteiger partial charge in [0.05, 0.1) is 5.25 Å². The zero-order valence-electron chi connectivity index (χ0n) is 16.4. The van der Waals surface area contributed by atoms with Gasteiger partial charge in [-0.3, -0.25) is 4.79 Å². The maximum absolute atomic E-state index is 12.6. The van der Waals surface area contributed by atoms with Crippen LogP contribution in [0.5, 0.6) is 0 Å². The highest BCUT2D eigenvalue weighted by atomic mass is 32.2. The summed E-state index contributed by atoms with van der Waals surface area (Å²) in [6.07, 6.45) is 0. The van der Waals surface area contributed by atoms with E-state index in [1.165, 1.54) is 27.8 Å². The van der Waals surface area contributed by atoms with Gasteiger partial charge < -0.3 is 5.32 Å². The molecule has 0 saturated carbocycles. The van der Waals surface area contributed by atoms with E-state index >= 15 is 0 Å². The molecule has 4 nitrogen and oxygen atoms in total. The number of thioether (sulfide) groups is 1. The van der Waals surface area contributed by atoms with Gasteiger partial charge in [0, 0.05) is 16.8 Å². The maximum Gasteiger partial charge on any atom is 0.233 e. The fourth-order valence-corrected chi connectivity index (χ4v) is 5.13. The number of carbonyl (C=O) groups is 1. The summed E-state index contributed by atoms with van der Waals surface area (Å²) in [5.74, 6) is 1.07. The second kappa shape index (κ2) is 8.40. The van der Waals surface area contributed by atoms with Gasteiger partial charge in [-0.25, -0.2) is 9.97 Å². The molecule has 1 aromatic carbocycles. The first kappa shape index (κ1) is 19.8. The number of aryl methyl sites for hydroxylation is 3. The third-order valence-corrected chi connectivity index (χ3v) is 6.90. The van der Waals surface area contributed by atoms with Crippen molar-refractivity contribution in [1.29, 1.82) is 0 Å². The smallest absolute Gasteiger partial charge is 0.233 e. The van der Waals surface area contributed by atoms with Gasteiger partial charge in [-0.15, -0.1) is 11.3 Å². The Bertz CT molecular complexity index is 953. The van der Waals surface area contributed by atoms with Crippen LogP contribution in [0.15, 0.2) is 35.4 Å². The molecule has 142 valence electrons. The molecule has 2 unspecified atom stereocenters. The summed E-state index contributed by atoms with van der Waals surface area (Å²) in [6.45, 7) is 10.8. The van der Waals surface area contributed by atoms with E-state index in [9.17, 15) is 4.79 Å². The van der Waals surface area contributed by atoms with Crippen molar-refractivity contribution < 1.29 is 4.79 Å². The Morgan fingerprint density at radius 2 is 1.85 bits per heavy atom. The SMILES string of the molecule is Cc1nc(SC(C)C(=O)NCC(C)c2ccccc2)c2c(C)c(C)sc2n1. The molecule has 3 aromatic rings. The molecular weight excluding hydrogens is 374 g/mol. The maximum atomic E-state index is 12.6. The fourth-order valence-electron chi connectivity index (χ4n) is 2.92. The van der Waals surface area contributed by atoms with E-state index in [1.807, 2.05) is 32.0 Å². The summed E-state index contributed by atoms with van der Waals surface area (Å²) in [5.41, 5.74) is 2.44. The first-order chi connectivity index (χ1) is 12.9. The molecule has 0 saturated heterocycles. The molecule has 0 aliphatic carbocycles. The van der Waals surface area contributed by atoms with Gasteiger partial charge >= 0.3 is 0 Å². The van der Waals surface area contributed by atoms with Crippen molar-refractivity contribution in [3.8, 4) is 0 Å². The molecular formula is C21H25N3OS2. The first-order valence-corrected chi connectivity index (χ1v) is 10.8.